The van der Waals surface area contributed by atoms with Crippen molar-refractivity contribution in [3.05, 3.63) is 71.8 Å². The average Bonchev–Trinajstić information content (AvgIpc) is 2.80. The molecule has 3 aromatic rings. The van der Waals surface area contributed by atoms with E-state index in [4.69, 9.17) is 19.9 Å². The summed E-state index contributed by atoms with van der Waals surface area (Å²) in [5.41, 5.74) is 8.47. The number of aromatic hydroxyl groups is 1. The van der Waals surface area contributed by atoms with Crippen LogP contribution >= 0.6 is 0 Å². The third-order valence-corrected chi connectivity index (χ3v) is 5.22. The number of esters is 1. The minimum atomic E-state index is -0.851. The summed E-state index contributed by atoms with van der Waals surface area (Å²) in [6.07, 6.45) is 0. The zero-order valence-electron chi connectivity index (χ0n) is 19.0. The number of carbonyl (C=O) groups is 2. The number of rotatable bonds is 8. The Morgan fingerprint density at radius 3 is 2.21 bits per heavy atom. The van der Waals surface area contributed by atoms with Crippen LogP contribution in [0.15, 0.2) is 60.7 Å². The summed E-state index contributed by atoms with van der Waals surface area (Å²) >= 11 is 0. The smallest absolute Gasteiger partial charge is 0.313 e. The molecule has 0 aliphatic carbocycles. The highest BCUT2D eigenvalue weighted by Gasteiger charge is 2.25. The lowest BCUT2D eigenvalue weighted by atomic mass is 9.87. The number of amides is 1. The van der Waals surface area contributed by atoms with E-state index in [0.29, 0.717) is 22.6 Å². The molecule has 7 nitrogen and oxygen atoms in total. The Balaban J connectivity index is 2.08. The molecule has 0 aliphatic rings. The molecule has 3 aromatic carbocycles. The summed E-state index contributed by atoms with van der Waals surface area (Å²) in [6.45, 7) is 3.54. The number of ether oxygens (including phenoxy) is 3. The first-order valence-corrected chi connectivity index (χ1v) is 10.4. The third kappa shape index (κ3) is 5.26. The van der Waals surface area contributed by atoms with Crippen molar-refractivity contribution in [3.63, 3.8) is 0 Å². The first-order valence-electron chi connectivity index (χ1n) is 10.4. The summed E-state index contributed by atoms with van der Waals surface area (Å²) in [5, 5.41) is 9.94. The quantitative estimate of drug-likeness (QED) is 0.393. The first kappa shape index (κ1) is 23.7. The van der Waals surface area contributed by atoms with Crippen molar-refractivity contribution < 1.29 is 28.9 Å². The van der Waals surface area contributed by atoms with Gasteiger partial charge in [0.25, 0.3) is 0 Å². The topological polar surface area (TPSA) is 108 Å². The molecule has 0 radical (unpaired) electrons. The van der Waals surface area contributed by atoms with Crippen LogP contribution in [-0.4, -0.2) is 31.2 Å². The second kappa shape index (κ2) is 10.1. The minimum Gasteiger partial charge on any atom is -0.504 e. The first-order chi connectivity index (χ1) is 15.7. The van der Waals surface area contributed by atoms with E-state index in [0.717, 1.165) is 11.1 Å². The van der Waals surface area contributed by atoms with E-state index in [1.807, 2.05) is 18.2 Å². The number of primary amides is 1. The summed E-state index contributed by atoms with van der Waals surface area (Å²) in [6, 6.07) is 17.2. The second-order valence-electron chi connectivity index (χ2n) is 7.83. The van der Waals surface area contributed by atoms with Crippen molar-refractivity contribution in [2.75, 3.05) is 14.2 Å². The molecule has 0 saturated carbocycles. The van der Waals surface area contributed by atoms with Gasteiger partial charge < -0.3 is 25.1 Å². The van der Waals surface area contributed by atoms with Crippen LogP contribution in [0, 0.1) is 5.92 Å². The van der Waals surface area contributed by atoms with Gasteiger partial charge in [0.1, 0.15) is 11.5 Å². The maximum atomic E-state index is 12.5. The SMILES string of the molecule is COc1cc(C(C(N)=O)c2cc(-c3cccc(OC(=O)C(C)C)c3)ccc2OC)ccc1O. The van der Waals surface area contributed by atoms with Crippen molar-refractivity contribution >= 4 is 11.9 Å². The lowest BCUT2D eigenvalue weighted by Gasteiger charge is -2.20. The Bertz CT molecular complexity index is 1170. The molecule has 3 N–H and O–H groups in total. The van der Waals surface area contributed by atoms with Crippen LogP contribution in [0.5, 0.6) is 23.0 Å². The van der Waals surface area contributed by atoms with Crippen molar-refractivity contribution in [2.45, 2.75) is 19.8 Å². The highest BCUT2D eigenvalue weighted by molar-refractivity contribution is 5.87. The molecule has 0 saturated heterocycles. The number of carbonyl (C=O) groups excluding carboxylic acids is 2. The van der Waals surface area contributed by atoms with E-state index < -0.39 is 11.8 Å². The molecule has 0 aromatic heterocycles. The molecular weight excluding hydrogens is 422 g/mol. The summed E-state index contributed by atoms with van der Waals surface area (Å²) in [7, 11) is 2.94. The van der Waals surface area contributed by atoms with E-state index in [1.165, 1.54) is 20.3 Å². The van der Waals surface area contributed by atoms with Gasteiger partial charge in [-0.2, -0.15) is 0 Å². The van der Waals surface area contributed by atoms with Gasteiger partial charge >= 0.3 is 5.97 Å². The molecule has 0 heterocycles. The fourth-order valence-corrected chi connectivity index (χ4v) is 3.48. The molecule has 1 atom stereocenters. The third-order valence-electron chi connectivity index (χ3n) is 5.22. The highest BCUT2D eigenvalue weighted by atomic mass is 16.5. The molecule has 0 fully saturated rings. The molecule has 33 heavy (non-hydrogen) atoms. The Morgan fingerprint density at radius 1 is 0.879 bits per heavy atom. The predicted octanol–water partition coefficient (Wildman–Crippen LogP) is 4.26. The average molecular weight is 450 g/mol. The molecule has 0 aliphatic heterocycles. The van der Waals surface area contributed by atoms with Gasteiger partial charge in [0.05, 0.1) is 26.1 Å². The zero-order valence-corrected chi connectivity index (χ0v) is 19.0. The van der Waals surface area contributed by atoms with E-state index in [9.17, 15) is 14.7 Å². The van der Waals surface area contributed by atoms with Crippen LogP contribution in [0.3, 0.4) is 0 Å². The van der Waals surface area contributed by atoms with Gasteiger partial charge in [-0.1, -0.05) is 38.1 Å². The van der Waals surface area contributed by atoms with Crippen LogP contribution in [0.1, 0.15) is 30.9 Å². The van der Waals surface area contributed by atoms with Crippen LogP contribution in [0.25, 0.3) is 11.1 Å². The monoisotopic (exact) mass is 449 g/mol. The molecule has 3 rings (SSSR count). The Morgan fingerprint density at radius 2 is 1.58 bits per heavy atom. The number of hydrogen-bond donors (Lipinski definition) is 2. The maximum absolute atomic E-state index is 12.5. The number of methoxy groups -OCH3 is 2. The number of hydrogen-bond acceptors (Lipinski definition) is 6. The van der Waals surface area contributed by atoms with Crippen molar-refractivity contribution in [3.8, 4) is 34.1 Å². The number of nitrogens with two attached hydrogens (primary N) is 1. The van der Waals surface area contributed by atoms with Gasteiger partial charge in [-0.15, -0.1) is 0 Å². The van der Waals surface area contributed by atoms with Crippen molar-refractivity contribution in [2.24, 2.45) is 11.7 Å². The van der Waals surface area contributed by atoms with Gasteiger partial charge in [-0.25, -0.2) is 0 Å². The fraction of sp³-hybridized carbons (Fsp3) is 0.231. The van der Waals surface area contributed by atoms with Crippen LogP contribution in [0.4, 0.5) is 0 Å². The van der Waals surface area contributed by atoms with Crippen molar-refractivity contribution in [1.29, 1.82) is 0 Å². The van der Waals surface area contributed by atoms with Crippen LogP contribution in [-0.2, 0) is 9.59 Å². The molecule has 172 valence electrons. The normalized spacial score (nSPS) is 11.7. The van der Waals surface area contributed by atoms with Gasteiger partial charge in [0.15, 0.2) is 11.5 Å². The summed E-state index contributed by atoms with van der Waals surface area (Å²) in [5.74, 6) is -0.909. The summed E-state index contributed by atoms with van der Waals surface area (Å²) in [4.78, 5) is 24.5. The molecule has 7 heteroatoms. The van der Waals surface area contributed by atoms with Gasteiger partial charge in [-0.05, 0) is 53.1 Å². The zero-order chi connectivity index (χ0) is 24.1. The van der Waals surface area contributed by atoms with Crippen molar-refractivity contribution in [1.82, 2.24) is 0 Å². The lowest BCUT2D eigenvalue weighted by Crippen LogP contribution is -2.23. The van der Waals surface area contributed by atoms with Gasteiger partial charge in [0.2, 0.25) is 5.91 Å². The van der Waals surface area contributed by atoms with Gasteiger partial charge in [0, 0.05) is 5.56 Å². The molecule has 1 amide bonds. The molecule has 0 spiro atoms. The Labute approximate surface area is 192 Å². The van der Waals surface area contributed by atoms with Crippen LogP contribution < -0.4 is 19.9 Å². The largest absolute Gasteiger partial charge is 0.504 e. The lowest BCUT2D eigenvalue weighted by molar-refractivity contribution is -0.137. The van der Waals surface area contributed by atoms with E-state index >= 15 is 0 Å². The molecule has 0 bridgehead atoms. The van der Waals surface area contributed by atoms with Gasteiger partial charge in [-0.3, -0.25) is 9.59 Å². The van der Waals surface area contributed by atoms with Crippen LogP contribution in [0.2, 0.25) is 0 Å². The maximum Gasteiger partial charge on any atom is 0.313 e. The highest BCUT2D eigenvalue weighted by Crippen LogP contribution is 2.38. The molecular formula is C26H27NO6. The Kier molecular flexibility index (Phi) is 7.23. The minimum absolute atomic E-state index is 0.0436. The Hall–Kier alpha value is -4.00. The van der Waals surface area contributed by atoms with E-state index in [2.05, 4.69) is 0 Å². The number of benzene rings is 3. The predicted molar refractivity (Wildman–Crippen MR) is 125 cm³/mol. The van der Waals surface area contributed by atoms with E-state index in [-0.39, 0.29) is 23.4 Å². The summed E-state index contributed by atoms with van der Waals surface area (Å²) < 4.78 is 16.1. The molecule has 1 unspecified atom stereocenters. The fourth-order valence-electron chi connectivity index (χ4n) is 3.48. The second-order valence-corrected chi connectivity index (χ2v) is 7.83. The standard InChI is InChI=1S/C26H27NO6/c1-15(2)26(30)33-19-7-5-6-16(12-19)17-9-11-22(31-3)20(13-17)24(25(27)29)18-8-10-21(28)23(14-18)32-4/h5-15,24,28H,1-4H3,(H2,27,29). The van der Waals surface area contributed by atoms with E-state index in [1.54, 1.807) is 50.2 Å². The number of phenols is 1. The number of phenolic OH excluding ortho intramolecular Hbond substituents is 1.